The molecule has 0 aliphatic carbocycles. The van der Waals surface area contributed by atoms with Crippen LogP contribution in [0.1, 0.15) is 42.1 Å². The molecule has 0 saturated carbocycles. The van der Waals surface area contributed by atoms with Gasteiger partial charge in [-0.05, 0) is 25.7 Å². The van der Waals surface area contributed by atoms with E-state index in [1.54, 1.807) is 0 Å². The zero-order valence-electron chi connectivity index (χ0n) is 10.4. The van der Waals surface area contributed by atoms with Crippen LogP contribution in [-0.2, 0) is 0 Å². The highest BCUT2D eigenvalue weighted by molar-refractivity contribution is 7.15. The number of rotatable bonds is 3. The molecule has 1 unspecified atom stereocenters. The van der Waals surface area contributed by atoms with E-state index in [4.69, 9.17) is 5.11 Å². The van der Waals surface area contributed by atoms with Crippen molar-refractivity contribution in [3.63, 3.8) is 0 Å². The first-order valence-electron chi connectivity index (χ1n) is 5.98. The van der Waals surface area contributed by atoms with Gasteiger partial charge in [-0.25, -0.2) is 9.78 Å². The summed E-state index contributed by atoms with van der Waals surface area (Å²) >= 11 is 1.50. The van der Waals surface area contributed by atoms with E-state index >= 15 is 0 Å². The maximum absolute atomic E-state index is 11.0. The lowest BCUT2D eigenvalue weighted by Crippen LogP contribution is -2.33. The van der Waals surface area contributed by atoms with Gasteiger partial charge >= 0.3 is 5.97 Å². The number of hydrogen-bond acceptors (Lipinski definition) is 4. The number of hydrogen-bond donors (Lipinski definition) is 1. The van der Waals surface area contributed by atoms with E-state index in [0.29, 0.717) is 12.0 Å². The van der Waals surface area contributed by atoms with Gasteiger partial charge in [0.2, 0.25) is 0 Å². The maximum Gasteiger partial charge on any atom is 0.355 e. The van der Waals surface area contributed by atoms with Crippen molar-refractivity contribution in [2.24, 2.45) is 5.92 Å². The summed E-state index contributed by atoms with van der Waals surface area (Å²) in [5.41, 5.74) is 0.208. The van der Waals surface area contributed by atoms with Gasteiger partial charge in [-0.15, -0.1) is 11.3 Å². The van der Waals surface area contributed by atoms with Gasteiger partial charge in [0.1, 0.15) is 0 Å². The third-order valence-corrected chi connectivity index (χ3v) is 4.31. The van der Waals surface area contributed by atoms with Gasteiger partial charge < -0.3 is 10.0 Å². The van der Waals surface area contributed by atoms with Crippen LogP contribution in [0.4, 0.5) is 5.13 Å². The third-order valence-electron chi connectivity index (χ3n) is 3.30. The fraction of sp³-hybridized carbons (Fsp3) is 0.667. The zero-order chi connectivity index (χ0) is 12.6. The van der Waals surface area contributed by atoms with E-state index in [-0.39, 0.29) is 5.69 Å². The van der Waals surface area contributed by atoms with Crippen molar-refractivity contribution in [1.82, 2.24) is 4.98 Å². The molecule has 0 amide bonds. The summed E-state index contributed by atoms with van der Waals surface area (Å²) in [6, 6.07) is 0.502. The third kappa shape index (κ3) is 2.29. The van der Waals surface area contributed by atoms with Crippen LogP contribution in [0, 0.1) is 12.8 Å². The summed E-state index contributed by atoms with van der Waals surface area (Å²) in [5.74, 6) is -0.347. The Hall–Kier alpha value is -1.10. The molecule has 0 aromatic carbocycles. The first-order valence-corrected chi connectivity index (χ1v) is 6.79. The number of aromatic nitrogens is 1. The Kier molecular flexibility index (Phi) is 3.38. The van der Waals surface area contributed by atoms with Gasteiger partial charge in [-0.2, -0.15) is 0 Å². The normalized spacial score (nSPS) is 20.2. The van der Waals surface area contributed by atoms with Gasteiger partial charge in [0, 0.05) is 17.5 Å². The second-order valence-electron chi connectivity index (χ2n) is 4.85. The molecule has 2 heterocycles. The van der Waals surface area contributed by atoms with Crippen molar-refractivity contribution in [2.45, 2.75) is 39.7 Å². The van der Waals surface area contributed by atoms with Crippen molar-refractivity contribution in [1.29, 1.82) is 0 Å². The average molecular weight is 254 g/mol. The zero-order valence-corrected chi connectivity index (χ0v) is 11.3. The van der Waals surface area contributed by atoms with Crippen LogP contribution in [0.25, 0.3) is 0 Å². The molecule has 4 nitrogen and oxygen atoms in total. The minimum Gasteiger partial charge on any atom is -0.476 e. The summed E-state index contributed by atoms with van der Waals surface area (Å²) in [7, 11) is 0. The van der Waals surface area contributed by atoms with E-state index in [1.807, 2.05) is 6.92 Å². The number of carboxylic acids is 1. The monoisotopic (exact) mass is 254 g/mol. The van der Waals surface area contributed by atoms with Crippen LogP contribution in [0.3, 0.4) is 0 Å². The highest BCUT2D eigenvalue weighted by Crippen LogP contribution is 2.33. The van der Waals surface area contributed by atoms with Crippen molar-refractivity contribution in [3.8, 4) is 0 Å². The molecular formula is C12H18N2O2S. The first kappa shape index (κ1) is 12.4. The lowest BCUT2D eigenvalue weighted by Gasteiger charge is -2.27. The lowest BCUT2D eigenvalue weighted by molar-refractivity contribution is 0.0690. The smallest absolute Gasteiger partial charge is 0.355 e. The Morgan fingerprint density at radius 2 is 2.29 bits per heavy atom. The summed E-state index contributed by atoms with van der Waals surface area (Å²) in [6.45, 7) is 7.24. The van der Waals surface area contributed by atoms with Crippen LogP contribution in [0.2, 0.25) is 0 Å². The summed E-state index contributed by atoms with van der Waals surface area (Å²) in [4.78, 5) is 18.3. The molecule has 1 aliphatic rings. The quantitative estimate of drug-likeness (QED) is 0.901. The predicted octanol–water partition coefficient (Wildman–Crippen LogP) is 2.77. The van der Waals surface area contributed by atoms with Gasteiger partial charge in [-0.1, -0.05) is 13.8 Å². The fourth-order valence-electron chi connectivity index (χ4n) is 2.43. The van der Waals surface area contributed by atoms with Crippen LogP contribution in [0.5, 0.6) is 0 Å². The van der Waals surface area contributed by atoms with Gasteiger partial charge in [0.05, 0.1) is 0 Å². The number of carbonyl (C=O) groups is 1. The molecular weight excluding hydrogens is 236 g/mol. The number of carboxylic acid groups (broad SMARTS) is 1. The highest BCUT2D eigenvalue weighted by Gasteiger charge is 2.30. The molecule has 5 heteroatoms. The van der Waals surface area contributed by atoms with Crippen LogP contribution in [0.15, 0.2) is 0 Å². The topological polar surface area (TPSA) is 53.4 Å². The molecule has 94 valence electrons. The Bertz CT molecular complexity index is 428. The molecule has 1 N–H and O–H groups in total. The predicted molar refractivity (Wildman–Crippen MR) is 69.0 cm³/mol. The Morgan fingerprint density at radius 1 is 1.59 bits per heavy atom. The van der Waals surface area contributed by atoms with Crippen molar-refractivity contribution < 1.29 is 9.90 Å². The molecule has 1 saturated heterocycles. The first-order chi connectivity index (χ1) is 8.00. The van der Waals surface area contributed by atoms with Crippen LogP contribution < -0.4 is 4.90 Å². The molecule has 17 heavy (non-hydrogen) atoms. The molecule has 0 spiro atoms. The van der Waals surface area contributed by atoms with Gasteiger partial charge in [-0.3, -0.25) is 0 Å². The Labute approximate surface area is 105 Å². The molecule has 1 aromatic rings. The number of aryl methyl sites for hydroxylation is 1. The largest absolute Gasteiger partial charge is 0.476 e. The summed E-state index contributed by atoms with van der Waals surface area (Å²) in [5, 5.41) is 9.89. The van der Waals surface area contributed by atoms with Gasteiger partial charge in [0.15, 0.2) is 10.8 Å². The van der Waals surface area contributed by atoms with Crippen molar-refractivity contribution in [2.75, 3.05) is 11.4 Å². The molecule has 1 fully saturated rings. The van der Waals surface area contributed by atoms with E-state index in [9.17, 15) is 4.79 Å². The fourth-order valence-corrected chi connectivity index (χ4v) is 3.41. The molecule has 0 bridgehead atoms. The number of aromatic carboxylic acids is 1. The maximum atomic E-state index is 11.0. The summed E-state index contributed by atoms with van der Waals surface area (Å²) < 4.78 is 0. The standard InChI is InChI=1S/C12H18N2O2S/c1-7(2)9-5-4-6-14(9)12-13-10(11(15)16)8(3)17-12/h7,9H,4-6H2,1-3H3,(H,15,16). The summed E-state index contributed by atoms with van der Waals surface area (Å²) in [6.07, 6.45) is 2.35. The SMILES string of the molecule is Cc1sc(N2CCCC2C(C)C)nc1C(=O)O. The second kappa shape index (κ2) is 4.64. The molecule has 1 atom stereocenters. The van der Waals surface area contributed by atoms with Crippen molar-refractivity contribution in [3.05, 3.63) is 10.6 Å². The van der Waals surface area contributed by atoms with E-state index in [2.05, 4.69) is 23.7 Å². The number of nitrogens with zero attached hydrogens (tertiary/aromatic N) is 2. The molecule has 1 aromatic heterocycles. The van der Waals surface area contributed by atoms with Crippen molar-refractivity contribution >= 4 is 22.4 Å². The highest BCUT2D eigenvalue weighted by atomic mass is 32.1. The van der Waals surface area contributed by atoms with Crippen LogP contribution >= 0.6 is 11.3 Å². The molecule has 0 radical (unpaired) electrons. The van der Waals surface area contributed by atoms with E-state index in [0.717, 1.165) is 16.6 Å². The molecule has 2 rings (SSSR count). The molecule has 1 aliphatic heterocycles. The number of thiazole rings is 1. The van der Waals surface area contributed by atoms with Gasteiger partial charge in [0.25, 0.3) is 0 Å². The number of anilines is 1. The lowest BCUT2D eigenvalue weighted by atomic mass is 10.0. The Balaban J connectivity index is 2.28. The second-order valence-corrected chi connectivity index (χ2v) is 6.04. The average Bonchev–Trinajstić information content (AvgIpc) is 2.82. The minimum absolute atomic E-state index is 0.208. The van der Waals surface area contributed by atoms with E-state index in [1.165, 1.54) is 24.2 Å². The van der Waals surface area contributed by atoms with Crippen LogP contribution in [-0.4, -0.2) is 28.6 Å². The Morgan fingerprint density at radius 3 is 2.82 bits per heavy atom. The minimum atomic E-state index is -0.926. The van der Waals surface area contributed by atoms with E-state index < -0.39 is 5.97 Å².